The average Bonchev–Trinajstić information content (AvgIpc) is 2.85. The summed E-state index contributed by atoms with van der Waals surface area (Å²) in [5, 5.41) is 0. The van der Waals surface area contributed by atoms with Gasteiger partial charge in [0.25, 0.3) is 0 Å². The summed E-state index contributed by atoms with van der Waals surface area (Å²) < 4.78 is 5.51. The maximum Gasteiger partial charge on any atom is 0.115 e. The monoisotopic (exact) mass is 216 g/mol. The number of ether oxygens (including phenoxy) is 1. The Morgan fingerprint density at radius 3 is 2.75 bits per heavy atom. The lowest BCUT2D eigenvalue weighted by atomic mass is 9.99. The van der Waals surface area contributed by atoms with E-state index in [2.05, 4.69) is 22.1 Å². The fourth-order valence-electron chi connectivity index (χ4n) is 1.72. The lowest BCUT2D eigenvalue weighted by Crippen LogP contribution is -2.11. The molecule has 0 saturated carbocycles. The predicted molar refractivity (Wildman–Crippen MR) is 63.4 cm³/mol. The fraction of sp³-hybridized carbons (Fsp3) is 0.308. The summed E-state index contributed by atoms with van der Waals surface area (Å²) in [6.45, 7) is 3.39. The summed E-state index contributed by atoms with van der Waals surface area (Å²) >= 11 is 0. The fourth-order valence-corrected chi connectivity index (χ4v) is 1.72. The second-order valence-electron chi connectivity index (χ2n) is 3.60. The Hall–Kier alpha value is -1.61. The first-order valence-electron chi connectivity index (χ1n) is 5.53. The second-order valence-corrected chi connectivity index (χ2v) is 3.60. The molecule has 2 rings (SSSR count). The normalized spacial score (nSPS) is 12.6. The number of rotatable bonds is 5. The van der Waals surface area contributed by atoms with Crippen LogP contribution in [0.4, 0.5) is 0 Å². The zero-order valence-electron chi connectivity index (χ0n) is 9.39. The number of imidazole rings is 1. The van der Waals surface area contributed by atoms with Crippen molar-refractivity contribution in [2.75, 3.05) is 13.2 Å². The third-order valence-electron chi connectivity index (χ3n) is 2.54. The van der Waals surface area contributed by atoms with Crippen LogP contribution < -0.4 is 0 Å². The topological polar surface area (TPSA) is 37.9 Å². The maximum absolute atomic E-state index is 5.51. The highest BCUT2D eigenvalue weighted by molar-refractivity contribution is 5.25. The van der Waals surface area contributed by atoms with Gasteiger partial charge >= 0.3 is 0 Å². The molecule has 0 saturated heterocycles. The van der Waals surface area contributed by atoms with Gasteiger partial charge in [-0.05, 0) is 12.5 Å². The average molecular weight is 216 g/mol. The van der Waals surface area contributed by atoms with E-state index >= 15 is 0 Å². The molecule has 0 spiro atoms. The van der Waals surface area contributed by atoms with Gasteiger partial charge < -0.3 is 9.72 Å². The van der Waals surface area contributed by atoms with E-state index in [1.807, 2.05) is 31.3 Å². The number of aromatic nitrogens is 2. The van der Waals surface area contributed by atoms with Gasteiger partial charge in [0.15, 0.2) is 0 Å². The maximum atomic E-state index is 5.51. The first-order chi connectivity index (χ1) is 7.92. The SMILES string of the molecule is CCOCC(c1ccccc1)c1ncc[nH]1. The molecule has 0 aliphatic rings. The van der Waals surface area contributed by atoms with Crippen molar-refractivity contribution >= 4 is 0 Å². The number of nitrogens with zero attached hydrogens (tertiary/aromatic N) is 1. The molecule has 0 amide bonds. The molecule has 0 aliphatic heterocycles. The van der Waals surface area contributed by atoms with E-state index in [0.29, 0.717) is 6.61 Å². The third kappa shape index (κ3) is 2.49. The van der Waals surface area contributed by atoms with Crippen molar-refractivity contribution in [2.24, 2.45) is 0 Å². The number of nitrogens with one attached hydrogen (secondary N) is 1. The van der Waals surface area contributed by atoms with Crippen LogP contribution in [0.1, 0.15) is 24.2 Å². The summed E-state index contributed by atoms with van der Waals surface area (Å²) in [7, 11) is 0. The number of hydrogen-bond acceptors (Lipinski definition) is 2. The molecule has 84 valence electrons. The smallest absolute Gasteiger partial charge is 0.115 e. The summed E-state index contributed by atoms with van der Waals surface area (Å²) in [5.74, 6) is 1.15. The lowest BCUT2D eigenvalue weighted by molar-refractivity contribution is 0.138. The van der Waals surface area contributed by atoms with Crippen molar-refractivity contribution < 1.29 is 4.74 Å². The molecule has 1 atom stereocenters. The summed E-state index contributed by atoms with van der Waals surface area (Å²) in [4.78, 5) is 7.46. The third-order valence-corrected chi connectivity index (χ3v) is 2.54. The van der Waals surface area contributed by atoms with Crippen molar-refractivity contribution in [2.45, 2.75) is 12.8 Å². The minimum Gasteiger partial charge on any atom is -0.381 e. The van der Waals surface area contributed by atoms with Crippen LogP contribution >= 0.6 is 0 Å². The molecule has 1 aromatic heterocycles. The number of benzene rings is 1. The Labute approximate surface area is 95.5 Å². The molecule has 0 radical (unpaired) electrons. The van der Waals surface area contributed by atoms with Gasteiger partial charge in [0.05, 0.1) is 12.5 Å². The van der Waals surface area contributed by atoms with Crippen molar-refractivity contribution in [3.05, 3.63) is 54.1 Å². The lowest BCUT2D eigenvalue weighted by Gasteiger charge is -2.14. The van der Waals surface area contributed by atoms with Gasteiger partial charge in [-0.2, -0.15) is 0 Å². The minimum atomic E-state index is 0.191. The van der Waals surface area contributed by atoms with E-state index < -0.39 is 0 Å². The molecule has 16 heavy (non-hydrogen) atoms. The van der Waals surface area contributed by atoms with Gasteiger partial charge in [-0.15, -0.1) is 0 Å². The van der Waals surface area contributed by atoms with E-state index in [1.165, 1.54) is 5.56 Å². The van der Waals surface area contributed by atoms with Crippen LogP contribution in [0, 0.1) is 0 Å². The van der Waals surface area contributed by atoms with Gasteiger partial charge in [0, 0.05) is 19.0 Å². The molecule has 1 aromatic carbocycles. The molecule has 1 unspecified atom stereocenters. The largest absolute Gasteiger partial charge is 0.381 e. The summed E-state index contributed by atoms with van der Waals surface area (Å²) in [5.41, 5.74) is 1.23. The highest BCUT2D eigenvalue weighted by Gasteiger charge is 2.15. The Kier molecular flexibility index (Phi) is 3.72. The Morgan fingerprint density at radius 2 is 2.12 bits per heavy atom. The van der Waals surface area contributed by atoms with Crippen molar-refractivity contribution in [3.8, 4) is 0 Å². The quantitative estimate of drug-likeness (QED) is 0.834. The van der Waals surface area contributed by atoms with Crippen LogP contribution in [-0.4, -0.2) is 23.2 Å². The van der Waals surface area contributed by atoms with E-state index in [9.17, 15) is 0 Å². The van der Waals surface area contributed by atoms with Crippen LogP contribution in [0.3, 0.4) is 0 Å². The van der Waals surface area contributed by atoms with Crippen molar-refractivity contribution in [3.63, 3.8) is 0 Å². The highest BCUT2D eigenvalue weighted by atomic mass is 16.5. The van der Waals surface area contributed by atoms with Crippen LogP contribution in [-0.2, 0) is 4.74 Å². The zero-order valence-corrected chi connectivity index (χ0v) is 9.39. The zero-order chi connectivity index (χ0) is 11.2. The molecular weight excluding hydrogens is 200 g/mol. The molecule has 3 heteroatoms. The molecule has 0 fully saturated rings. The van der Waals surface area contributed by atoms with E-state index in [1.54, 1.807) is 6.20 Å². The van der Waals surface area contributed by atoms with Crippen LogP contribution in [0.15, 0.2) is 42.7 Å². The van der Waals surface area contributed by atoms with Crippen molar-refractivity contribution in [1.29, 1.82) is 0 Å². The van der Waals surface area contributed by atoms with Crippen molar-refractivity contribution in [1.82, 2.24) is 9.97 Å². The predicted octanol–water partition coefficient (Wildman–Crippen LogP) is 2.58. The Morgan fingerprint density at radius 1 is 1.31 bits per heavy atom. The number of H-pyrrole nitrogens is 1. The first kappa shape index (κ1) is 10.9. The van der Waals surface area contributed by atoms with Gasteiger partial charge in [-0.1, -0.05) is 30.3 Å². The number of hydrogen-bond donors (Lipinski definition) is 1. The minimum absolute atomic E-state index is 0.191. The molecule has 3 nitrogen and oxygen atoms in total. The molecule has 1 N–H and O–H groups in total. The number of aromatic amines is 1. The van der Waals surface area contributed by atoms with Gasteiger partial charge in [-0.25, -0.2) is 4.98 Å². The molecule has 2 aromatic rings. The van der Waals surface area contributed by atoms with Crippen LogP contribution in [0.25, 0.3) is 0 Å². The molecule has 0 aliphatic carbocycles. The van der Waals surface area contributed by atoms with Gasteiger partial charge in [0.1, 0.15) is 5.82 Å². The van der Waals surface area contributed by atoms with Crippen LogP contribution in [0.5, 0.6) is 0 Å². The summed E-state index contributed by atoms with van der Waals surface area (Å²) in [6.07, 6.45) is 3.62. The standard InChI is InChI=1S/C13H16N2O/c1-2-16-10-12(13-14-8-9-15-13)11-6-4-3-5-7-11/h3-9,12H,2,10H2,1H3,(H,14,15). The van der Waals surface area contributed by atoms with Gasteiger partial charge in [0.2, 0.25) is 0 Å². The van der Waals surface area contributed by atoms with E-state index in [0.717, 1.165) is 12.4 Å². The molecule has 1 heterocycles. The molecular formula is C13H16N2O. The van der Waals surface area contributed by atoms with Gasteiger partial charge in [-0.3, -0.25) is 0 Å². The highest BCUT2D eigenvalue weighted by Crippen LogP contribution is 2.21. The first-order valence-corrected chi connectivity index (χ1v) is 5.53. The van der Waals surface area contributed by atoms with Crippen LogP contribution in [0.2, 0.25) is 0 Å². The summed E-state index contributed by atoms with van der Waals surface area (Å²) in [6, 6.07) is 10.3. The van der Waals surface area contributed by atoms with E-state index in [-0.39, 0.29) is 5.92 Å². The Bertz CT molecular complexity index is 397. The second kappa shape index (κ2) is 5.47. The molecule has 0 bridgehead atoms. The van der Waals surface area contributed by atoms with E-state index in [4.69, 9.17) is 4.74 Å². The Balaban J connectivity index is 2.21.